The van der Waals surface area contributed by atoms with E-state index < -0.39 is 0 Å². The molecule has 0 heterocycles. The molecule has 4 heavy (non-hydrogen) atoms. The maximum atomic E-state index is 4.25. The first-order valence-electron chi connectivity index (χ1n) is 0.289. The summed E-state index contributed by atoms with van der Waals surface area (Å²) in [5, 5.41) is 0. The summed E-state index contributed by atoms with van der Waals surface area (Å²) in [6, 6.07) is 0. The van der Waals surface area contributed by atoms with Gasteiger partial charge in [-0.15, -0.1) is 0 Å². The summed E-state index contributed by atoms with van der Waals surface area (Å²) in [5.41, 5.74) is 0. The molecule has 0 spiro atoms. The SMILES string of the molecule is [Ba+2].[BiH3].[H-].[H-].[S]=[InH]. The van der Waals surface area contributed by atoms with Gasteiger partial charge in [0.2, 0.25) is 0 Å². The Balaban J connectivity index is -0.000000000833. The predicted molar refractivity (Wildman–Crippen MR) is 32.7 cm³/mol. The van der Waals surface area contributed by atoms with E-state index in [0.29, 0.717) is 0 Å². The van der Waals surface area contributed by atoms with Crippen LogP contribution in [0.15, 0.2) is 0 Å². The van der Waals surface area contributed by atoms with Gasteiger partial charge in [-0.25, -0.2) is 0 Å². The average molecular weight is 499 g/mol. The molecule has 0 unspecified atom stereocenters. The van der Waals surface area contributed by atoms with Crippen LogP contribution in [0.4, 0.5) is 0 Å². The summed E-state index contributed by atoms with van der Waals surface area (Å²) in [6.45, 7) is 0. The molecule has 0 aromatic heterocycles. The zero-order valence-corrected chi connectivity index (χ0v) is 17.3. The molecule has 0 atom stereocenters. The molecule has 0 saturated carbocycles. The molecule has 0 aliphatic heterocycles. The third-order valence-corrected chi connectivity index (χ3v) is 0. The quantitative estimate of drug-likeness (QED) is 0.373. The van der Waals surface area contributed by atoms with Crippen LogP contribution in [-0.4, -0.2) is 97.4 Å². The monoisotopic (exact) mass is 500 g/mol. The van der Waals surface area contributed by atoms with Crippen molar-refractivity contribution in [3.05, 3.63) is 0 Å². The molecule has 0 amide bonds. The molecule has 22 valence electrons. The van der Waals surface area contributed by atoms with Gasteiger partial charge in [-0.3, -0.25) is 0 Å². The zero-order chi connectivity index (χ0) is 2.00. The van der Waals surface area contributed by atoms with E-state index in [-0.39, 0.29) is 77.9 Å². The van der Waals surface area contributed by atoms with Crippen LogP contribution < -0.4 is 0 Å². The van der Waals surface area contributed by atoms with E-state index in [9.17, 15) is 0 Å². The third-order valence-electron chi connectivity index (χ3n) is 0. The van der Waals surface area contributed by atoms with E-state index in [1.54, 1.807) is 0 Å². The van der Waals surface area contributed by atoms with Crippen molar-refractivity contribution >= 4 is 106 Å². The van der Waals surface area contributed by atoms with Crippen molar-refractivity contribution in [1.29, 1.82) is 0 Å². The van der Waals surface area contributed by atoms with Crippen LogP contribution in [-0.2, 0) is 0 Å². The van der Waals surface area contributed by atoms with E-state index in [2.05, 4.69) is 8.92 Å². The van der Waals surface area contributed by atoms with Crippen LogP contribution in [0.3, 0.4) is 0 Å². The minimum atomic E-state index is 0. The second-order valence-corrected chi connectivity index (χ2v) is 0. The van der Waals surface area contributed by atoms with E-state index in [1.807, 2.05) is 0 Å². The van der Waals surface area contributed by atoms with Gasteiger partial charge in [-0.2, -0.15) is 0 Å². The van der Waals surface area contributed by atoms with Crippen molar-refractivity contribution in [2.45, 2.75) is 0 Å². The van der Waals surface area contributed by atoms with Gasteiger partial charge in [-0.1, -0.05) is 0 Å². The van der Waals surface area contributed by atoms with Crippen molar-refractivity contribution < 1.29 is 2.85 Å². The van der Waals surface area contributed by atoms with Gasteiger partial charge in [-0.05, 0) is 0 Å². The summed E-state index contributed by atoms with van der Waals surface area (Å²) >= 11 is 0.733. The molecule has 0 radical (unpaired) electrons. The molecule has 0 bridgehead atoms. The second kappa shape index (κ2) is 16.0. The summed E-state index contributed by atoms with van der Waals surface area (Å²) in [6.07, 6.45) is 0. The Labute approximate surface area is 106 Å². The van der Waals surface area contributed by atoms with Gasteiger partial charge >= 0.3 is 106 Å². The topological polar surface area (TPSA) is 0 Å². The number of hydrogen-bond donors (Lipinski definition) is 0. The van der Waals surface area contributed by atoms with Gasteiger partial charge < -0.3 is 2.85 Å². The van der Waals surface area contributed by atoms with Gasteiger partial charge in [0.1, 0.15) is 0 Å². The fraction of sp³-hybridized carbons (Fsp3) is 0. The molecule has 4 heteroatoms. The van der Waals surface area contributed by atoms with E-state index >= 15 is 0 Å². The summed E-state index contributed by atoms with van der Waals surface area (Å²) in [7, 11) is 4.25. The van der Waals surface area contributed by atoms with Crippen LogP contribution in [0.2, 0.25) is 0 Å². The molecule has 0 fully saturated rings. The normalized spacial score (nSPS) is 0.750. The summed E-state index contributed by atoms with van der Waals surface area (Å²) < 4.78 is 0. The van der Waals surface area contributed by atoms with Crippen LogP contribution in [0, 0.1) is 0 Å². The second-order valence-electron chi connectivity index (χ2n) is 0. The Hall–Kier alpha value is 3.54. The number of hydrogen-bond acceptors (Lipinski definition) is 1. The molecular weight excluding hydrogens is 493 g/mol. The fourth-order valence-corrected chi connectivity index (χ4v) is 0. The van der Waals surface area contributed by atoms with Crippen molar-refractivity contribution in [2.75, 3.05) is 0 Å². The minimum absolute atomic E-state index is 0. The van der Waals surface area contributed by atoms with E-state index in [1.165, 1.54) is 0 Å². The molecule has 0 aromatic rings. The van der Waals surface area contributed by atoms with Crippen LogP contribution in [0.1, 0.15) is 2.85 Å². The van der Waals surface area contributed by atoms with Gasteiger partial charge in [0, 0.05) is 0 Å². The van der Waals surface area contributed by atoms with E-state index in [0.717, 1.165) is 22.4 Å². The Morgan fingerprint density at radius 1 is 1.50 bits per heavy atom. The van der Waals surface area contributed by atoms with E-state index in [4.69, 9.17) is 0 Å². The standard InChI is InChI=1S/Ba.Bi.In.S.6H/q+2;;;;;;;;2*-1. The van der Waals surface area contributed by atoms with Crippen molar-refractivity contribution in [1.82, 2.24) is 0 Å². The fourth-order valence-electron chi connectivity index (χ4n) is 0. The molecule has 0 aliphatic carbocycles. The summed E-state index contributed by atoms with van der Waals surface area (Å²) in [5.74, 6) is 0. The zero-order valence-electron chi connectivity index (χ0n) is 4.53. The first-order valence-corrected chi connectivity index (χ1v) is 5.81. The molecule has 0 saturated heterocycles. The van der Waals surface area contributed by atoms with Crippen LogP contribution >= 0.6 is 8.92 Å². The average Bonchev–Trinajstić information content (AvgIpc) is 1.00. The maximum absolute atomic E-state index is 4.25. The van der Waals surface area contributed by atoms with Gasteiger partial charge in [0.25, 0.3) is 0 Å². The molecule has 0 N–H and O–H groups in total. The molecule has 0 aliphatic rings. The van der Waals surface area contributed by atoms with Crippen molar-refractivity contribution in [2.24, 2.45) is 0 Å². The number of rotatable bonds is 0. The van der Waals surface area contributed by atoms with Crippen molar-refractivity contribution in [3.8, 4) is 0 Å². The first kappa shape index (κ1) is 15.6. The summed E-state index contributed by atoms with van der Waals surface area (Å²) in [4.78, 5) is 0. The Bertz CT molecular complexity index is 13.5. The van der Waals surface area contributed by atoms with Crippen molar-refractivity contribution in [3.63, 3.8) is 0 Å². The first-order chi connectivity index (χ1) is 1.00. The predicted octanol–water partition coefficient (Wildman–Crippen LogP) is -1.34. The molecule has 0 nitrogen and oxygen atoms in total. The Kier molecular flexibility index (Phi) is 62.6. The van der Waals surface area contributed by atoms with Crippen LogP contribution in [0.25, 0.3) is 0 Å². The molecule has 0 aromatic carbocycles. The van der Waals surface area contributed by atoms with Gasteiger partial charge in [0.05, 0.1) is 0 Å². The Morgan fingerprint density at radius 2 is 1.50 bits per heavy atom. The molecule has 0 rings (SSSR count). The van der Waals surface area contributed by atoms with Gasteiger partial charge in [0.15, 0.2) is 0 Å². The third kappa shape index (κ3) is 9.11. The molecular formula is H6BaBiInS. The Morgan fingerprint density at radius 3 is 1.50 bits per heavy atom. The van der Waals surface area contributed by atoms with Crippen LogP contribution in [0.5, 0.6) is 0 Å².